The molecule has 0 spiro atoms. The van der Waals surface area contributed by atoms with Crippen LogP contribution in [-0.2, 0) is 16.1 Å². The zero-order chi connectivity index (χ0) is 24.1. The van der Waals surface area contributed by atoms with Gasteiger partial charge in [0.1, 0.15) is 6.61 Å². The number of nitrogens with one attached hydrogen (secondary N) is 2. The van der Waals surface area contributed by atoms with E-state index >= 15 is 0 Å². The number of rotatable bonds is 9. The van der Waals surface area contributed by atoms with E-state index in [4.69, 9.17) is 14.4 Å². The molecule has 1 aliphatic carbocycles. The highest BCUT2D eigenvalue weighted by Gasteiger charge is 2.29. The summed E-state index contributed by atoms with van der Waals surface area (Å²) in [6, 6.07) is 17.2. The Bertz CT molecular complexity index is 1160. The summed E-state index contributed by atoms with van der Waals surface area (Å²) in [4.78, 5) is 35.2. The number of carbonyl (C=O) groups is 3. The first-order valence-electron chi connectivity index (χ1n) is 11.0. The summed E-state index contributed by atoms with van der Waals surface area (Å²) in [7, 11) is 0. The number of hydrogen-bond donors (Lipinski definition) is 3. The molecular formula is C25H25N3O6. The zero-order valence-electron chi connectivity index (χ0n) is 18.6. The van der Waals surface area contributed by atoms with Crippen molar-refractivity contribution in [3.8, 4) is 11.1 Å². The molecule has 1 aromatic heterocycles. The summed E-state index contributed by atoms with van der Waals surface area (Å²) in [6.07, 6.45) is 0.0509. The summed E-state index contributed by atoms with van der Waals surface area (Å²) >= 11 is 0. The van der Waals surface area contributed by atoms with Crippen LogP contribution >= 0.6 is 0 Å². The number of carboxylic acids is 1. The summed E-state index contributed by atoms with van der Waals surface area (Å²) in [6.45, 7) is 2.06. The Morgan fingerprint density at radius 2 is 1.74 bits per heavy atom. The highest BCUT2D eigenvalue weighted by Crippen LogP contribution is 2.44. The molecule has 1 atom stereocenters. The summed E-state index contributed by atoms with van der Waals surface area (Å²) in [5.41, 5.74) is 4.39. The van der Waals surface area contributed by atoms with E-state index in [0.717, 1.165) is 22.3 Å². The summed E-state index contributed by atoms with van der Waals surface area (Å²) in [5.74, 6) is -1.23. The van der Waals surface area contributed by atoms with Gasteiger partial charge in [-0.3, -0.25) is 4.79 Å². The largest absolute Gasteiger partial charge is 0.476 e. The van der Waals surface area contributed by atoms with Crippen molar-refractivity contribution in [2.75, 3.05) is 6.61 Å². The van der Waals surface area contributed by atoms with Crippen LogP contribution in [0.5, 0.6) is 0 Å². The molecule has 4 rings (SSSR count). The molecule has 34 heavy (non-hydrogen) atoms. The normalized spacial score (nSPS) is 13.0. The highest BCUT2D eigenvalue weighted by atomic mass is 16.5. The molecule has 2 amide bonds. The van der Waals surface area contributed by atoms with Crippen molar-refractivity contribution in [1.82, 2.24) is 15.8 Å². The molecule has 1 aliphatic rings. The third-order valence-electron chi connectivity index (χ3n) is 5.75. The molecular weight excluding hydrogens is 438 g/mol. The number of nitrogens with zero attached hydrogens (tertiary/aromatic N) is 1. The van der Waals surface area contributed by atoms with Crippen molar-refractivity contribution in [2.24, 2.45) is 0 Å². The summed E-state index contributed by atoms with van der Waals surface area (Å²) in [5, 5.41) is 17.6. The number of fused-ring (bicyclic) bond motifs is 3. The molecule has 0 radical (unpaired) electrons. The predicted molar refractivity (Wildman–Crippen MR) is 122 cm³/mol. The fraction of sp³-hybridized carbons (Fsp3) is 0.280. The second-order valence-corrected chi connectivity index (χ2v) is 8.17. The first-order chi connectivity index (χ1) is 16.4. The first-order valence-corrected chi connectivity index (χ1v) is 11.0. The van der Waals surface area contributed by atoms with Crippen LogP contribution in [0.25, 0.3) is 11.1 Å². The van der Waals surface area contributed by atoms with E-state index in [2.05, 4.69) is 40.1 Å². The average molecular weight is 463 g/mol. The number of benzene rings is 2. The smallest absolute Gasteiger partial charge is 0.407 e. The molecule has 2 aromatic carbocycles. The Balaban J connectivity index is 1.21. The standard InChI is InChI=1S/C25H25N3O6/c1-15(10-11-23(29)26-13-16-12-22(24(30)31)28-34-16)27-25(32)33-14-21-19-8-4-2-6-17(19)18-7-3-5-9-20(18)21/h2-9,12,15,21H,10-11,13-14H2,1H3,(H,26,29)(H,27,32)(H,30,31). The van der Waals surface area contributed by atoms with Gasteiger partial charge in [0.15, 0.2) is 11.5 Å². The van der Waals surface area contributed by atoms with Crippen molar-refractivity contribution in [3.63, 3.8) is 0 Å². The number of amides is 2. The monoisotopic (exact) mass is 463 g/mol. The van der Waals surface area contributed by atoms with Crippen LogP contribution in [0, 0.1) is 0 Å². The van der Waals surface area contributed by atoms with E-state index in [1.807, 2.05) is 24.3 Å². The SMILES string of the molecule is CC(CCC(=O)NCc1cc(C(=O)O)no1)NC(=O)OCC1c2ccccc2-c2ccccc21. The molecule has 9 heteroatoms. The average Bonchev–Trinajstić information content (AvgIpc) is 3.43. The van der Waals surface area contributed by atoms with Gasteiger partial charge in [-0.1, -0.05) is 53.7 Å². The third-order valence-corrected chi connectivity index (χ3v) is 5.75. The van der Waals surface area contributed by atoms with Gasteiger partial charge in [0.2, 0.25) is 5.91 Å². The van der Waals surface area contributed by atoms with Crippen LogP contribution in [0.1, 0.15) is 53.1 Å². The van der Waals surface area contributed by atoms with Crippen molar-refractivity contribution >= 4 is 18.0 Å². The van der Waals surface area contributed by atoms with E-state index in [0.29, 0.717) is 6.42 Å². The van der Waals surface area contributed by atoms with Crippen molar-refractivity contribution in [2.45, 2.75) is 38.3 Å². The lowest BCUT2D eigenvalue weighted by molar-refractivity contribution is -0.121. The Morgan fingerprint density at radius 3 is 2.35 bits per heavy atom. The van der Waals surface area contributed by atoms with Crippen LogP contribution < -0.4 is 10.6 Å². The van der Waals surface area contributed by atoms with Gasteiger partial charge in [-0.15, -0.1) is 0 Å². The van der Waals surface area contributed by atoms with Gasteiger partial charge < -0.3 is 25.0 Å². The number of alkyl carbamates (subject to hydrolysis) is 1. The first kappa shape index (κ1) is 23.0. The minimum Gasteiger partial charge on any atom is -0.476 e. The molecule has 0 saturated carbocycles. The van der Waals surface area contributed by atoms with Crippen LogP contribution in [0.4, 0.5) is 4.79 Å². The molecule has 176 valence electrons. The van der Waals surface area contributed by atoms with E-state index in [1.165, 1.54) is 6.07 Å². The lowest BCUT2D eigenvalue weighted by Gasteiger charge is -2.17. The molecule has 0 saturated heterocycles. The van der Waals surface area contributed by atoms with Gasteiger partial charge in [0.25, 0.3) is 0 Å². The third kappa shape index (κ3) is 5.25. The lowest BCUT2D eigenvalue weighted by Crippen LogP contribution is -2.35. The maximum absolute atomic E-state index is 12.3. The van der Waals surface area contributed by atoms with E-state index in [1.54, 1.807) is 6.92 Å². The Morgan fingerprint density at radius 1 is 1.09 bits per heavy atom. The van der Waals surface area contributed by atoms with Gasteiger partial charge in [-0.2, -0.15) is 0 Å². The number of carbonyl (C=O) groups excluding carboxylic acids is 2. The second-order valence-electron chi connectivity index (χ2n) is 8.17. The molecule has 9 nitrogen and oxygen atoms in total. The molecule has 0 aliphatic heterocycles. The number of hydrogen-bond acceptors (Lipinski definition) is 6. The molecule has 3 aromatic rings. The number of aromatic carboxylic acids is 1. The van der Waals surface area contributed by atoms with Crippen molar-refractivity contribution in [1.29, 1.82) is 0 Å². The quantitative estimate of drug-likeness (QED) is 0.441. The Labute approximate surface area is 196 Å². The number of aromatic nitrogens is 1. The summed E-state index contributed by atoms with van der Waals surface area (Å²) < 4.78 is 10.4. The van der Waals surface area contributed by atoms with Gasteiger partial charge in [-0.05, 0) is 35.6 Å². The fourth-order valence-electron chi connectivity index (χ4n) is 4.03. The van der Waals surface area contributed by atoms with Gasteiger partial charge >= 0.3 is 12.1 Å². The Kier molecular flexibility index (Phi) is 6.91. The highest BCUT2D eigenvalue weighted by molar-refractivity contribution is 5.85. The van der Waals surface area contributed by atoms with E-state index in [-0.39, 0.29) is 48.9 Å². The molecule has 1 unspecified atom stereocenters. The molecule has 0 fully saturated rings. The fourth-order valence-corrected chi connectivity index (χ4v) is 4.03. The zero-order valence-corrected chi connectivity index (χ0v) is 18.6. The minimum absolute atomic E-state index is 0.0167. The Hall–Kier alpha value is -4.14. The van der Waals surface area contributed by atoms with Gasteiger partial charge in [0.05, 0.1) is 6.54 Å². The van der Waals surface area contributed by atoms with Crippen molar-refractivity contribution < 1.29 is 28.8 Å². The molecule has 1 heterocycles. The minimum atomic E-state index is -1.20. The van der Waals surface area contributed by atoms with Crippen LogP contribution in [0.3, 0.4) is 0 Å². The number of ether oxygens (including phenoxy) is 1. The van der Waals surface area contributed by atoms with Crippen LogP contribution in [-0.4, -0.2) is 40.9 Å². The maximum Gasteiger partial charge on any atom is 0.407 e. The van der Waals surface area contributed by atoms with E-state index in [9.17, 15) is 14.4 Å². The number of carboxylic acid groups (broad SMARTS) is 1. The van der Waals surface area contributed by atoms with Crippen LogP contribution in [0.2, 0.25) is 0 Å². The van der Waals surface area contributed by atoms with Gasteiger partial charge in [0, 0.05) is 24.4 Å². The maximum atomic E-state index is 12.3. The van der Waals surface area contributed by atoms with Crippen molar-refractivity contribution in [3.05, 3.63) is 77.2 Å². The lowest BCUT2D eigenvalue weighted by atomic mass is 9.98. The second kappa shape index (κ2) is 10.2. The van der Waals surface area contributed by atoms with Crippen LogP contribution in [0.15, 0.2) is 59.1 Å². The molecule has 0 bridgehead atoms. The topological polar surface area (TPSA) is 131 Å². The molecule has 3 N–H and O–H groups in total. The van der Waals surface area contributed by atoms with E-state index < -0.39 is 12.1 Å². The predicted octanol–water partition coefficient (Wildman–Crippen LogP) is 3.70. The van der Waals surface area contributed by atoms with Gasteiger partial charge in [-0.25, -0.2) is 9.59 Å².